The number of nitrogens with one attached hydrogen (secondary N) is 2. The lowest BCUT2D eigenvalue weighted by atomic mass is 10.0. The van der Waals surface area contributed by atoms with Crippen molar-refractivity contribution in [3.63, 3.8) is 0 Å². The lowest BCUT2D eigenvalue weighted by Gasteiger charge is -2.03. The summed E-state index contributed by atoms with van der Waals surface area (Å²) in [5.41, 5.74) is 1.56. The maximum Gasteiger partial charge on any atom is 0.417 e. The molecule has 0 spiro atoms. The Morgan fingerprint density at radius 1 is 0.667 bits per heavy atom. The summed E-state index contributed by atoms with van der Waals surface area (Å²) in [6, 6.07) is 20.0. The summed E-state index contributed by atoms with van der Waals surface area (Å²) in [5.74, 6) is -4.42. The quantitative estimate of drug-likeness (QED) is 0.0628. The van der Waals surface area contributed by atoms with E-state index >= 15 is 0 Å². The van der Waals surface area contributed by atoms with E-state index in [9.17, 15) is 49.5 Å². The number of aromatic hydroxyl groups is 2. The molecule has 6 aromatic rings. The molecule has 0 bridgehead atoms. The van der Waals surface area contributed by atoms with Crippen LogP contribution in [0.2, 0.25) is 0 Å². The first-order chi connectivity index (χ1) is 24.4. The number of phenolic OH excluding ortho intramolecular Hbond substituents is 1. The van der Waals surface area contributed by atoms with Crippen LogP contribution in [-0.4, -0.2) is 49.1 Å². The van der Waals surface area contributed by atoms with Gasteiger partial charge in [-0.15, -0.1) is 0 Å². The molecule has 0 aliphatic carbocycles. The Morgan fingerprint density at radius 2 is 1.22 bits per heavy atom. The van der Waals surface area contributed by atoms with Gasteiger partial charge in [-0.25, -0.2) is 14.4 Å². The number of allylic oxidation sites excluding steroid dienone is 2. The van der Waals surface area contributed by atoms with Gasteiger partial charge in [0.2, 0.25) is 11.6 Å². The van der Waals surface area contributed by atoms with Crippen LogP contribution in [0.3, 0.4) is 0 Å². The summed E-state index contributed by atoms with van der Waals surface area (Å²) < 4.78 is 9.75. The highest BCUT2D eigenvalue weighted by Crippen LogP contribution is 2.23. The number of benzene rings is 4. The molecule has 0 radical (unpaired) electrons. The van der Waals surface area contributed by atoms with Crippen LogP contribution in [0.15, 0.2) is 102 Å². The molecule has 0 fully saturated rings. The highest BCUT2D eigenvalue weighted by Gasteiger charge is 2.17. The number of aromatic amines is 2. The summed E-state index contributed by atoms with van der Waals surface area (Å²) in [6.45, 7) is 0. The van der Waals surface area contributed by atoms with Crippen molar-refractivity contribution in [2.75, 3.05) is 0 Å². The fourth-order valence-electron chi connectivity index (χ4n) is 4.69. The van der Waals surface area contributed by atoms with Crippen LogP contribution in [0.4, 0.5) is 0 Å². The van der Waals surface area contributed by atoms with Crippen LogP contribution in [0.25, 0.3) is 34.4 Å². The molecule has 0 aliphatic rings. The van der Waals surface area contributed by atoms with Gasteiger partial charge >= 0.3 is 17.5 Å². The van der Waals surface area contributed by atoms with Gasteiger partial charge in [0, 0.05) is 11.1 Å². The van der Waals surface area contributed by atoms with E-state index < -0.39 is 34.8 Å². The summed E-state index contributed by atoms with van der Waals surface area (Å²) >= 11 is 0. The summed E-state index contributed by atoms with van der Waals surface area (Å²) in [7, 11) is 0. The number of carbonyl (C=O) groups excluding carboxylic acids is 3. The molecule has 5 N–H and O–H groups in total. The molecule has 2 aromatic heterocycles. The number of nitrogens with zero attached hydrogens (tertiary/aromatic N) is 2. The lowest BCUT2D eigenvalue weighted by molar-refractivity contribution is 0.0693. The number of hydrogen-bond acceptors (Lipinski definition) is 12. The number of rotatable bonds is 8. The lowest BCUT2D eigenvalue weighted by Crippen LogP contribution is -2.02. The molecule has 0 amide bonds. The average Bonchev–Trinajstić information content (AvgIpc) is 3.69. The van der Waals surface area contributed by atoms with Gasteiger partial charge in [-0.3, -0.25) is 24.4 Å². The number of phenols is 2. The second-order valence-electron chi connectivity index (χ2n) is 10.5. The van der Waals surface area contributed by atoms with Gasteiger partial charge in [-0.1, -0.05) is 12.1 Å². The van der Waals surface area contributed by atoms with E-state index in [2.05, 4.69) is 9.97 Å². The van der Waals surface area contributed by atoms with Gasteiger partial charge in [0.1, 0.15) is 40.3 Å². The van der Waals surface area contributed by atoms with E-state index in [1.807, 2.05) is 6.07 Å². The fourth-order valence-corrected chi connectivity index (χ4v) is 4.69. The summed E-state index contributed by atoms with van der Waals surface area (Å²) in [5, 5.41) is 46.6. The van der Waals surface area contributed by atoms with Crippen LogP contribution in [0.1, 0.15) is 52.6 Å². The normalized spacial score (nSPS) is 11.3. The number of Topliss-reactive ketones (excluding diaryl/α,β-unsaturated/α-hetero) is 2. The number of aldehydes is 1. The van der Waals surface area contributed by atoms with Gasteiger partial charge in [0.05, 0.1) is 16.6 Å². The Balaban J connectivity index is 0.000000198. The predicted molar refractivity (Wildman–Crippen MR) is 178 cm³/mol. The van der Waals surface area contributed by atoms with E-state index in [1.54, 1.807) is 6.07 Å². The number of oxazole rings is 2. The monoisotopic (exact) mass is 684 g/mol. The van der Waals surface area contributed by atoms with E-state index in [0.717, 1.165) is 12.1 Å². The molecule has 0 aliphatic heterocycles. The molecule has 4 aromatic carbocycles. The Kier molecular flexibility index (Phi) is 9.67. The van der Waals surface area contributed by atoms with Gasteiger partial charge in [0.25, 0.3) is 0 Å². The fraction of sp³-hybridized carbons (Fsp3) is 0. The van der Waals surface area contributed by atoms with E-state index in [-0.39, 0.29) is 55.9 Å². The molecular formula is C36H20N4O11. The maximum absolute atomic E-state index is 12.5. The van der Waals surface area contributed by atoms with Crippen LogP contribution >= 0.6 is 0 Å². The van der Waals surface area contributed by atoms with Crippen molar-refractivity contribution in [2.45, 2.75) is 0 Å². The smallest absolute Gasteiger partial charge is 0.417 e. The first-order valence-corrected chi connectivity index (χ1v) is 14.3. The zero-order chi connectivity index (χ0) is 36.8. The average molecular weight is 685 g/mol. The third-order valence-corrected chi connectivity index (χ3v) is 7.15. The minimum Gasteiger partial charge on any atom is -0.507 e. The number of carboxylic acids is 1. The molecule has 2 heterocycles. The number of carboxylic acid groups (broad SMARTS) is 1. The molecular weight excluding hydrogens is 664 g/mol. The number of fused-ring (bicyclic) bond motifs is 2. The van der Waals surface area contributed by atoms with Crippen molar-refractivity contribution in [1.29, 1.82) is 10.5 Å². The molecule has 51 heavy (non-hydrogen) atoms. The highest BCUT2D eigenvalue weighted by molar-refractivity contribution is 6.15. The number of carbonyl (C=O) groups is 4. The number of aromatic nitrogens is 2. The van der Waals surface area contributed by atoms with Crippen LogP contribution in [0, 0.1) is 22.7 Å². The van der Waals surface area contributed by atoms with Gasteiger partial charge in [-0.05, 0) is 83.9 Å². The second kappa shape index (κ2) is 14.4. The number of hydrogen-bond donors (Lipinski definition) is 5. The van der Waals surface area contributed by atoms with Gasteiger partial charge in [0.15, 0.2) is 17.5 Å². The minimum atomic E-state index is -1.34. The van der Waals surface area contributed by atoms with Crippen LogP contribution < -0.4 is 11.5 Å². The van der Waals surface area contributed by atoms with Crippen molar-refractivity contribution in [1.82, 2.24) is 9.97 Å². The Bertz CT molecular complexity index is 2670. The van der Waals surface area contributed by atoms with E-state index in [4.69, 9.17) is 13.9 Å². The van der Waals surface area contributed by atoms with Crippen molar-refractivity contribution in [3.8, 4) is 23.6 Å². The Morgan fingerprint density at radius 3 is 1.82 bits per heavy atom. The van der Waals surface area contributed by atoms with Crippen molar-refractivity contribution in [3.05, 3.63) is 138 Å². The van der Waals surface area contributed by atoms with Gasteiger partial charge < -0.3 is 24.2 Å². The Hall–Kier alpha value is -8.04. The van der Waals surface area contributed by atoms with Crippen molar-refractivity contribution < 1.29 is 43.3 Å². The maximum atomic E-state index is 12.5. The van der Waals surface area contributed by atoms with Crippen molar-refractivity contribution in [2.24, 2.45) is 0 Å². The molecule has 15 nitrogen and oxygen atoms in total. The minimum absolute atomic E-state index is 0.0500. The Labute approximate surface area is 283 Å². The van der Waals surface area contributed by atoms with E-state index in [1.165, 1.54) is 72.8 Å². The largest absolute Gasteiger partial charge is 0.507 e. The molecule has 0 unspecified atom stereocenters. The SMILES string of the molecule is N#C/C(=C\c1ccc(O)c(C(=O)O)c1)C(=O)c1ccc2oc(=O)[nH]c2c1.N#C/C(=C\c1ccc(O)c(C=O)c1)C(=O)c1ccc2[nH]c(=O)oc2c1. The molecule has 0 atom stereocenters. The van der Waals surface area contributed by atoms with Crippen LogP contribution in [-0.2, 0) is 0 Å². The molecule has 250 valence electrons. The molecule has 6 rings (SSSR count). The number of aromatic carboxylic acids is 1. The summed E-state index contributed by atoms with van der Waals surface area (Å²) in [4.78, 5) is 74.2. The van der Waals surface area contributed by atoms with E-state index in [0.29, 0.717) is 22.9 Å². The summed E-state index contributed by atoms with van der Waals surface area (Å²) in [6.07, 6.45) is 3.01. The van der Waals surface area contributed by atoms with Crippen LogP contribution in [0.5, 0.6) is 11.5 Å². The zero-order valence-electron chi connectivity index (χ0n) is 25.7. The second-order valence-corrected chi connectivity index (χ2v) is 10.5. The third kappa shape index (κ3) is 7.59. The number of nitriles is 2. The highest BCUT2D eigenvalue weighted by atomic mass is 16.4. The van der Waals surface area contributed by atoms with Crippen molar-refractivity contribution >= 4 is 58.2 Å². The number of ketones is 2. The first kappa shape index (κ1) is 34.3. The topological polar surface area (TPSA) is 269 Å². The number of H-pyrrole nitrogens is 2. The third-order valence-electron chi connectivity index (χ3n) is 7.15. The van der Waals surface area contributed by atoms with Gasteiger partial charge in [-0.2, -0.15) is 10.5 Å². The zero-order valence-corrected chi connectivity index (χ0v) is 25.7. The molecule has 0 saturated carbocycles. The standard InChI is InChI=1S/C18H10N2O6.C18H10N2O5/c19-8-11(5-9-1-3-14(21)12(6-9)17(23)24)16(22)10-2-4-15-13(7-10)20-18(25)26-15;19-8-12(5-10-1-4-15(22)13(6-10)9-21)17(23)11-2-3-14-16(7-11)25-18(24)20-14/h1-7,21H,(H,20,25)(H,23,24);1-7,9,22H,(H,20,24)/b11-5+;12-5+. The first-order valence-electron chi connectivity index (χ1n) is 14.3. The molecule has 0 saturated heterocycles. The molecule has 15 heteroatoms. The predicted octanol–water partition coefficient (Wildman–Crippen LogP) is 4.74.